The Hall–Kier alpha value is -3.19. The van der Waals surface area contributed by atoms with Crippen LogP contribution in [0.25, 0.3) is 33.5 Å². The van der Waals surface area contributed by atoms with Crippen molar-refractivity contribution in [1.82, 2.24) is 29.6 Å². The van der Waals surface area contributed by atoms with Crippen LogP contribution in [0.3, 0.4) is 0 Å². The molecular weight excluding hydrogens is 507 g/mol. The largest absolute Gasteiger partial charge is 0.391 e. The van der Waals surface area contributed by atoms with Crippen molar-refractivity contribution in [2.75, 3.05) is 20.3 Å². The fourth-order valence-corrected chi connectivity index (χ4v) is 4.88. The highest BCUT2D eigenvalue weighted by Crippen LogP contribution is 2.29. The number of aromatic nitrogens is 5. The van der Waals surface area contributed by atoms with E-state index in [1.54, 1.807) is 41.7 Å². The van der Waals surface area contributed by atoms with Crippen LogP contribution in [-0.2, 0) is 23.3 Å². The third-order valence-electron chi connectivity index (χ3n) is 6.34. The van der Waals surface area contributed by atoms with Gasteiger partial charge in [-0.3, -0.25) is 9.48 Å². The summed E-state index contributed by atoms with van der Waals surface area (Å²) in [6.07, 6.45) is 2.44. The molecule has 0 saturated heterocycles. The second kappa shape index (κ2) is 11.3. The molecule has 10 nitrogen and oxygen atoms in total. The first kappa shape index (κ1) is 27.8. The number of ether oxygens (including phenoxy) is 2. The highest BCUT2D eigenvalue weighted by molar-refractivity contribution is 6.76. The third-order valence-corrected chi connectivity index (χ3v) is 8.04. The Morgan fingerprint density at radius 2 is 2.05 bits per heavy atom. The predicted molar refractivity (Wildman–Crippen MR) is 146 cm³/mol. The molecule has 2 N–H and O–H groups in total. The lowest BCUT2D eigenvalue weighted by atomic mass is 10.1. The number of amides is 1. The molecule has 4 rings (SSSR count). The Kier molecular flexibility index (Phi) is 8.26. The summed E-state index contributed by atoms with van der Waals surface area (Å²) in [5.74, 6) is -0.777. The molecule has 0 fully saturated rings. The molecule has 1 amide bonds. The number of aryl methyl sites for hydroxylation is 1. The number of aliphatic hydroxyl groups excluding tert-OH is 1. The van der Waals surface area contributed by atoms with Gasteiger partial charge in [0.05, 0.1) is 36.0 Å². The van der Waals surface area contributed by atoms with Crippen molar-refractivity contribution in [2.24, 2.45) is 7.05 Å². The van der Waals surface area contributed by atoms with E-state index in [1.807, 2.05) is 0 Å². The summed E-state index contributed by atoms with van der Waals surface area (Å²) in [5.41, 5.74) is 2.74. The zero-order valence-corrected chi connectivity index (χ0v) is 23.7. The highest BCUT2D eigenvalue weighted by atomic mass is 28.3. The van der Waals surface area contributed by atoms with Crippen molar-refractivity contribution in [3.05, 3.63) is 42.0 Å². The van der Waals surface area contributed by atoms with Crippen LogP contribution in [0.4, 0.5) is 4.39 Å². The third kappa shape index (κ3) is 6.09. The van der Waals surface area contributed by atoms with Gasteiger partial charge < -0.3 is 24.5 Å². The molecule has 204 valence electrons. The summed E-state index contributed by atoms with van der Waals surface area (Å²) < 4.78 is 28.3. The van der Waals surface area contributed by atoms with E-state index in [0.717, 1.165) is 11.4 Å². The lowest BCUT2D eigenvalue weighted by Crippen LogP contribution is -2.45. The van der Waals surface area contributed by atoms with Crippen molar-refractivity contribution in [2.45, 2.75) is 51.5 Å². The molecule has 4 aromatic rings. The molecule has 0 spiro atoms. The maximum atomic E-state index is 13.8. The molecule has 2 atom stereocenters. The molecule has 0 bridgehead atoms. The summed E-state index contributed by atoms with van der Waals surface area (Å²) >= 11 is 0. The van der Waals surface area contributed by atoms with Gasteiger partial charge in [0, 0.05) is 40.4 Å². The number of carbonyl (C=O) groups excluding carboxylic acids is 1. The quantitative estimate of drug-likeness (QED) is 0.220. The van der Waals surface area contributed by atoms with Gasteiger partial charge in [0.15, 0.2) is 5.65 Å². The molecule has 1 aromatic carbocycles. The van der Waals surface area contributed by atoms with Crippen molar-refractivity contribution < 1.29 is 23.8 Å². The second-order valence-electron chi connectivity index (χ2n) is 10.7. The van der Waals surface area contributed by atoms with E-state index in [2.05, 4.69) is 35.0 Å². The van der Waals surface area contributed by atoms with E-state index in [1.165, 1.54) is 19.2 Å². The fraction of sp³-hybridized carbons (Fsp3) is 0.462. The topological polar surface area (TPSA) is 116 Å². The van der Waals surface area contributed by atoms with Gasteiger partial charge in [0.25, 0.3) is 5.91 Å². The zero-order valence-electron chi connectivity index (χ0n) is 22.7. The fourth-order valence-electron chi connectivity index (χ4n) is 4.12. The molecule has 0 aliphatic carbocycles. The molecular formula is C26H35FN6O4Si. The molecule has 0 radical (unpaired) electrons. The standard InChI is InChI=1S/C26H35FN6O4Si/c1-16(34)21(14-36-3)30-26(35)19-13-33(15-37-9-10-38(4,5)6)25-24(19)29-20(12-28-25)23-18-8-7-17(27)11-22(18)32(2)31-23/h7-8,11-13,16,21,34H,9-10,14-15H2,1-6H3,(H,30,35)/t16-,21-/m1/s1. The van der Waals surface area contributed by atoms with Crippen LogP contribution in [0.2, 0.25) is 25.7 Å². The molecule has 12 heteroatoms. The second-order valence-corrected chi connectivity index (χ2v) is 16.3. The normalized spacial score (nSPS) is 13.8. The smallest absolute Gasteiger partial charge is 0.255 e. The number of carbonyl (C=O) groups is 1. The first-order valence-electron chi connectivity index (χ1n) is 12.5. The Labute approximate surface area is 221 Å². The van der Waals surface area contributed by atoms with Crippen LogP contribution < -0.4 is 5.32 Å². The monoisotopic (exact) mass is 542 g/mol. The lowest BCUT2D eigenvalue weighted by Gasteiger charge is -2.20. The molecule has 0 saturated carbocycles. The number of hydrogen-bond donors (Lipinski definition) is 2. The summed E-state index contributed by atoms with van der Waals surface area (Å²) in [4.78, 5) is 22.8. The van der Waals surface area contributed by atoms with Crippen LogP contribution in [-0.4, -0.2) is 75.9 Å². The van der Waals surface area contributed by atoms with Crippen molar-refractivity contribution in [1.29, 1.82) is 0 Å². The number of fused-ring (bicyclic) bond motifs is 2. The minimum absolute atomic E-state index is 0.148. The Morgan fingerprint density at radius 3 is 2.74 bits per heavy atom. The summed E-state index contributed by atoms with van der Waals surface area (Å²) in [7, 11) is 1.98. The van der Waals surface area contributed by atoms with Crippen molar-refractivity contribution >= 4 is 36.0 Å². The van der Waals surface area contributed by atoms with Crippen molar-refractivity contribution in [3.8, 4) is 11.4 Å². The van der Waals surface area contributed by atoms with Gasteiger partial charge in [-0.1, -0.05) is 19.6 Å². The molecule has 38 heavy (non-hydrogen) atoms. The van der Waals surface area contributed by atoms with E-state index in [-0.39, 0.29) is 24.7 Å². The Bertz CT molecular complexity index is 1450. The van der Waals surface area contributed by atoms with Gasteiger partial charge in [-0.05, 0) is 31.2 Å². The van der Waals surface area contributed by atoms with Gasteiger partial charge in [-0.25, -0.2) is 14.4 Å². The van der Waals surface area contributed by atoms with Crippen LogP contribution in [0, 0.1) is 5.82 Å². The molecule has 3 aromatic heterocycles. The number of halogens is 1. The number of aliphatic hydroxyl groups is 1. The Balaban J connectivity index is 1.75. The zero-order chi connectivity index (χ0) is 27.6. The minimum Gasteiger partial charge on any atom is -0.391 e. The van der Waals surface area contributed by atoms with Crippen LogP contribution in [0.1, 0.15) is 17.3 Å². The first-order valence-corrected chi connectivity index (χ1v) is 16.2. The summed E-state index contributed by atoms with van der Waals surface area (Å²) in [6, 6.07) is 4.84. The van der Waals surface area contributed by atoms with Gasteiger partial charge in [-0.15, -0.1) is 0 Å². The number of benzene rings is 1. The molecule has 0 unspecified atom stereocenters. The molecule has 0 aliphatic heterocycles. The predicted octanol–water partition coefficient (Wildman–Crippen LogP) is 3.56. The number of nitrogens with one attached hydrogen (secondary N) is 1. The van der Waals surface area contributed by atoms with E-state index in [0.29, 0.717) is 34.7 Å². The maximum Gasteiger partial charge on any atom is 0.255 e. The number of rotatable bonds is 11. The van der Waals surface area contributed by atoms with Gasteiger partial charge in [0.2, 0.25) is 0 Å². The van der Waals surface area contributed by atoms with E-state index < -0.39 is 26.1 Å². The lowest BCUT2D eigenvalue weighted by molar-refractivity contribution is 0.0662. The maximum absolute atomic E-state index is 13.8. The molecule has 3 heterocycles. The minimum atomic E-state index is -1.26. The van der Waals surface area contributed by atoms with Crippen LogP contribution in [0.5, 0.6) is 0 Å². The van der Waals surface area contributed by atoms with Gasteiger partial charge >= 0.3 is 0 Å². The first-order chi connectivity index (χ1) is 18.0. The molecule has 0 aliphatic rings. The Morgan fingerprint density at radius 1 is 1.29 bits per heavy atom. The summed E-state index contributed by atoms with van der Waals surface area (Å²) in [6.45, 7) is 9.41. The summed E-state index contributed by atoms with van der Waals surface area (Å²) in [5, 5.41) is 18.2. The average Bonchev–Trinajstić information content (AvgIpc) is 3.38. The van der Waals surface area contributed by atoms with E-state index >= 15 is 0 Å². The van der Waals surface area contributed by atoms with E-state index in [9.17, 15) is 14.3 Å². The van der Waals surface area contributed by atoms with Gasteiger partial charge in [0.1, 0.15) is 29.5 Å². The highest BCUT2D eigenvalue weighted by Gasteiger charge is 2.24. The SMILES string of the molecule is COC[C@@H](NC(=O)c1cn(COCC[Si](C)(C)C)c2ncc(-c3nn(C)c4cc(F)ccc34)nc12)[C@@H](C)O. The van der Waals surface area contributed by atoms with Crippen LogP contribution in [0.15, 0.2) is 30.6 Å². The van der Waals surface area contributed by atoms with Gasteiger partial charge in [-0.2, -0.15) is 5.10 Å². The van der Waals surface area contributed by atoms with Crippen LogP contribution >= 0.6 is 0 Å². The average molecular weight is 543 g/mol. The number of nitrogens with zero attached hydrogens (tertiary/aromatic N) is 5. The number of hydrogen-bond acceptors (Lipinski definition) is 7. The van der Waals surface area contributed by atoms with Crippen molar-refractivity contribution in [3.63, 3.8) is 0 Å². The van der Waals surface area contributed by atoms with E-state index in [4.69, 9.17) is 14.5 Å². The number of methoxy groups -OCH3 is 1.